The highest BCUT2D eigenvalue weighted by Gasteiger charge is 2.54. The van der Waals surface area contributed by atoms with E-state index in [1.54, 1.807) is 18.2 Å². The number of likely N-dealkylation sites (N-methyl/N-ethyl adjacent to an activating group) is 1. The zero-order valence-electron chi connectivity index (χ0n) is 19.1. The smallest absolute Gasteiger partial charge is 0.321 e. The number of likely N-dealkylation sites (tertiary alicyclic amines) is 1. The summed E-state index contributed by atoms with van der Waals surface area (Å²) < 4.78 is 15.3. The predicted octanol–water partition coefficient (Wildman–Crippen LogP) is 7.37. The zero-order valence-corrected chi connectivity index (χ0v) is 20.6. The van der Waals surface area contributed by atoms with Crippen LogP contribution >= 0.6 is 23.2 Å². The Balaban J connectivity index is 2.26. The number of carbonyl (C=O) groups is 1. The maximum atomic E-state index is 15.3. The van der Waals surface area contributed by atoms with E-state index in [-0.39, 0.29) is 17.4 Å². The van der Waals surface area contributed by atoms with E-state index in [2.05, 4.69) is 25.7 Å². The van der Waals surface area contributed by atoms with Crippen molar-refractivity contribution in [1.29, 1.82) is 0 Å². The number of carboxylic acid groups (broad SMARTS) is 1. The molecular formula is C26H32Cl2FNO2. The molecule has 2 aromatic carbocycles. The van der Waals surface area contributed by atoms with E-state index < -0.39 is 23.7 Å². The first kappa shape index (κ1) is 25.0. The number of hydrogen-bond donors (Lipinski definition) is 1. The van der Waals surface area contributed by atoms with Crippen LogP contribution in [0.5, 0.6) is 0 Å². The molecule has 174 valence electrons. The minimum absolute atomic E-state index is 0.0194. The van der Waals surface area contributed by atoms with Gasteiger partial charge in [-0.05, 0) is 53.8 Å². The molecule has 0 saturated carbocycles. The van der Waals surface area contributed by atoms with Crippen LogP contribution in [0, 0.1) is 11.2 Å². The molecule has 3 rings (SSSR count). The highest BCUT2D eigenvalue weighted by molar-refractivity contribution is 6.30. The quantitative estimate of drug-likeness (QED) is 0.429. The molecule has 2 aromatic rings. The third-order valence-corrected chi connectivity index (χ3v) is 7.98. The summed E-state index contributed by atoms with van der Waals surface area (Å²) in [4.78, 5) is 14.7. The summed E-state index contributed by atoms with van der Waals surface area (Å²) in [6.45, 7) is 9.10. The summed E-state index contributed by atoms with van der Waals surface area (Å²) >= 11 is 12.4. The molecule has 0 aromatic heterocycles. The Kier molecular flexibility index (Phi) is 7.90. The van der Waals surface area contributed by atoms with Gasteiger partial charge in [-0.1, -0.05) is 81.9 Å². The van der Waals surface area contributed by atoms with Gasteiger partial charge in [0.1, 0.15) is 11.9 Å². The highest BCUT2D eigenvalue weighted by atomic mass is 35.5. The molecule has 0 radical (unpaired) electrons. The van der Waals surface area contributed by atoms with E-state index in [0.717, 1.165) is 24.8 Å². The average Bonchev–Trinajstić information content (AvgIpc) is 3.07. The molecule has 1 N–H and O–H groups in total. The Morgan fingerprint density at radius 1 is 1.06 bits per heavy atom. The van der Waals surface area contributed by atoms with Crippen LogP contribution in [0.2, 0.25) is 10.0 Å². The van der Waals surface area contributed by atoms with Gasteiger partial charge in [-0.2, -0.15) is 0 Å². The van der Waals surface area contributed by atoms with Gasteiger partial charge in [0.05, 0.1) is 0 Å². The van der Waals surface area contributed by atoms with Gasteiger partial charge in [-0.3, -0.25) is 9.69 Å². The summed E-state index contributed by atoms with van der Waals surface area (Å²) in [5, 5.41) is 11.2. The predicted molar refractivity (Wildman–Crippen MR) is 129 cm³/mol. The Morgan fingerprint density at radius 2 is 1.72 bits per heavy atom. The van der Waals surface area contributed by atoms with Crippen LogP contribution in [0.15, 0.2) is 42.5 Å². The molecule has 32 heavy (non-hydrogen) atoms. The molecule has 0 amide bonds. The Morgan fingerprint density at radius 3 is 2.25 bits per heavy atom. The molecule has 0 bridgehead atoms. The lowest BCUT2D eigenvalue weighted by molar-refractivity contribution is -0.143. The van der Waals surface area contributed by atoms with Crippen LogP contribution in [0.3, 0.4) is 0 Å². The number of hydrogen-bond acceptors (Lipinski definition) is 2. The van der Waals surface area contributed by atoms with Crippen molar-refractivity contribution in [2.75, 3.05) is 6.54 Å². The van der Waals surface area contributed by atoms with Crippen LogP contribution < -0.4 is 0 Å². The van der Waals surface area contributed by atoms with Crippen molar-refractivity contribution in [2.24, 2.45) is 5.41 Å². The van der Waals surface area contributed by atoms with Crippen molar-refractivity contribution in [3.63, 3.8) is 0 Å². The highest BCUT2D eigenvalue weighted by Crippen LogP contribution is 2.52. The van der Waals surface area contributed by atoms with Gasteiger partial charge in [0.15, 0.2) is 0 Å². The Hall–Kier alpha value is -1.62. The molecule has 1 heterocycles. The Bertz CT molecular complexity index is 963. The second-order valence-corrected chi connectivity index (χ2v) is 10.0. The minimum atomic E-state index is -0.895. The van der Waals surface area contributed by atoms with Crippen molar-refractivity contribution in [3.8, 4) is 0 Å². The second-order valence-electron chi connectivity index (χ2n) is 9.18. The first-order chi connectivity index (χ1) is 15.2. The lowest BCUT2D eigenvalue weighted by atomic mass is 9.71. The fourth-order valence-electron chi connectivity index (χ4n) is 5.35. The normalized spacial score (nSPS) is 24.1. The van der Waals surface area contributed by atoms with Gasteiger partial charge in [0.25, 0.3) is 0 Å². The number of halogens is 3. The van der Waals surface area contributed by atoms with Crippen molar-refractivity contribution >= 4 is 29.2 Å². The lowest BCUT2D eigenvalue weighted by Crippen LogP contribution is -2.44. The first-order valence-corrected chi connectivity index (χ1v) is 12.1. The molecule has 1 aliphatic rings. The fourth-order valence-corrected chi connectivity index (χ4v) is 5.70. The van der Waals surface area contributed by atoms with Gasteiger partial charge in [0.2, 0.25) is 0 Å². The molecule has 6 heteroatoms. The monoisotopic (exact) mass is 479 g/mol. The van der Waals surface area contributed by atoms with E-state index in [0.29, 0.717) is 22.2 Å². The summed E-state index contributed by atoms with van der Waals surface area (Å²) in [6, 6.07) is 11.2. The second kappa shape index (κ2) is 10.1. The molecule has 0 aliphatic carbocycles. The SMILES string of the molecule is CCN1C(CC(C)(CC)CC)C(c2ccc(Cl)cc2F)C(c2cccc(Cl)c2)C1C(=O)O. The van der Waals surface area contributed by atoms with Crippen LogP contribution in [0.25, 0.3) is 0 Å². The molecule has 3 nitrogen and oxygen atoms in total. The third-order valence-electron chi connectivity index (χ3n) is 7.51. The zero-order chi connectivity index (χ0) is 23.6. The summed E-state index contributed by atoms with van der Waals surface area (Å²) in [6.07, 6.45) is 2.71. The minimum Gasteiger partial charge on any atom is -0.480 e. The summed E-state index contributed by atoms with van der Waals surface area (Å²) in [7, 11) is 0. The van der Waals surface area contributed by atoms with Gasteiger partial charge in [0, 0.05) is 27.9 Å². The lowest BCUT2D eigenvalue weighted by Gasteiger charge is -2.37. The summed E-state index contributed by atoms with van der Waals surface area (Å²) in [5.41, 5.74) is 1.35. The molecule has 1 saturated heterocycles. The first-order valence-electron chi connectivity index (χ1n) is 11.3. The molecule has 0 spiro atoms. The standard InChI is InChI=1S/C26H32Cl2FNO2/c1-5-26(4,6-2)15-21-23(19-12-11-18(28)14-20(19)29)22(16-9-8-10-17(27)13-16)24(25(31)32)30(21)7-3/h8-14,21-24H,5-7,15H2,1-4H3,(H,31,32). The number of nitrogens with zero attached hydrogens (tertiary/aromatic N) is 1. The van der Waals surface area contributed by atoms with Crippen molar-refractivity contribution in [2.45, 2.75) is 70.9 Å². The summed E-state index contributed by atoms with van der Waals surface area (Å²) in [5.74, 6) is -2.07. The number of aliphatic carboxylic acids is 1. The van der Waals surface area contributed by atoms with E-state index in [1.807, 2.05) is 25.1 Å². The number of carboxylic acids is 1. The number of rotatable bonds is 8. The largest absolute Gasteiger partial charge is 0.480 e. The van der Waals surface area contributed by atoms with E-state index in [1.165, 1.54) is 6.07 Å². The van der Waals surface area contributed by atoms with Crippen LogP contribution in [-0.2, 0) is 4.79 Å². The van der Waals surface area contributed by atoms with E-state index in [9.17, 15) is 9.90 Å². The third kappa shape index (κ3) is 4.83. The van der Waals surface area contributed by atoms with Crippen LogP contribution in [0.4, 0.5) is 4.39 Å². The van der Waals surface area contributed by atoms with Crippen LogP contribution in [0.1, 0.15) is 69.9 Å². The van der Waals surface area contributed by atoms with Crippen molar-refractivity contribution < 1.29 is 14.3 Å². The molecular weight excluding hydrogens is 448 g/mol. The average molecular weight is 480 g/mol. The van der Waals surface area contributed by atoms with E-state index >= 15 is 4.39 Å². The molecule has 4 unspecified atom stereocenters. The Labute approximate surface area is 200 Å². The van der Waals surface area contributed by atoms with Gasteiger partial charge in [-0.25, -0.2) is 4.39 Å². The maximum Gasteiger partial charge on any atom is 0.321 e. The number of benzene rings is 2. The van der Waals surface area contributed by atoms with Crippen LogP contribution in [-0.4, -0.2) is 34.6 Å². The van der Waals surface area contributed by atoms with Gasteiger partial charge >= 0.3 is 5.97 Å². The van der Waals surface area contributed by atoms with Crippen molar-refractivity contribution in [3.05, 3.63) is 69.5 Å². The molecule has 1 aliphatic heterocycles. The fraction of sp³-hybridized carbons (Fsp3) is 0.500. The molecule has 4 atom stereocenters. The molecule has 1 fully saturated rings. The van der Waals surface area contributed by atoms with Gasteiger partial charge in [-0.15, -0.1) is 0 Å². The van der Waals surface area contributed by atoms with Crippen molar-refractivity contribution in [1.82, 2.24) is 4.90 Å². The van der Waals surface area contributed by atoms with Gasteiger partial charge < -0.3 is 5.11 Å². The maximum absolute atomic E-state index is 15.3. The topological polar surface area (TPSA) is 40.5 Å². The van der Waals surface area contributed by atoms with E-state index in [4.69, 9.17) is 23.2 Å².